The Kier molecular flexibility index (Phi) is 4.75. The average molecular weight is 347 g/mol. The van der Waals surface area contributed by atoms with Gasteiger partial charge in [-0.3, -0.25) is 9.88 Å². The van der Waals surface area contributed by atoms with E-state index in [2.05, 4.69) is 15.0 Å². The van der Waals surface area contributed by atoms with Gasteiger partial charge < -0.3 is 4.90 Å². The van der Waals surface area contributed by atoms with E-state index in [1.54, 1.807) is 12.4 Å². The lowest BCUT2D eigenvalue weighted by Crippen LogP contribution is -2.49. The number of carbonyl (C=O) groups excluding carboxylic acids is 1. The number of amides is 1. The molecule has 0 aliphatic carbocycles. The third kappa shape index (κ3) is 3.65. The van der Waals surface area contributed by atoms with Crippen LogP contribution in [0.1, 0.15) is 5.69 Å². The molecule has 6 nitrogen and oxygen atoms in total. The maximum Gasteiger partial charge on any atom is 0.344 e. The summed E-state index contributed by atoms with van der Waals surface area (Å²) in [6, 6.07) is 15.9. The van der Waals surface area contributed by atoms with Crippen molar-refractivity contribution in [2.45, 2.75) is 6.54 Å². The summed E-state index contributed by atoms with van der Waals surface area (Å²) in [7, 11) is 0. The highest BCUT2D eigenvalue weighted by molar-refractivity contribution is 5.77. The van der Waals surface area contributed by atoms with Crippen LogP contribution >= 0.6 is 0 Å². The molecule has 6 heteroatoms. The molecule has 0 atom stereocenters. The Hall–Kier alpha value is -2.99. The number of aromatic nitrogens is 3. The Morgan fingerprint density at radius 1 is 0.923 bits per heavy atom. The standard InChI is InChI=1S/C20H21N5O/c26-20(25-15-18(14-22-25)17-6-2-1-3-7-17)24-12-10-23(11-13-24)16-19-8-4-5-9-21-19/h1-9,14-15H,10-13,16H2. The molecule has 3 heterocycles. The molecule has 0 spiro atoms. The minimum absolute atomic E-state index is 0.0651. The zero-order valence-electron chi connectivity index (χ0n) is 14.5. The monoisotopic (exact) mass is 347 g/mol. The van der Waals surface area contributed by atoms with Crippen LogP contribution in [-0.2, 0) is 6.54 Å². The molecule has 4 rings (SSSR count). The van der Waals surface area contributed by atoms with E-state index in [1.165, 1.54) is 4.68 Å². The first-order chi connectivity index (χ1) is 12.8. The fourth-order valence-electron chi connectivity index (χ4n) is 3.17. The second-order valence-electron chi connectivity index (χ2n) is 6.41. The van der Waals surface area contributed by atoms with E-state index < -0.39 is 0 Å². The van der Waals surface area contributed by atoms with Crippen molar-refractivity contribution in [3.63, 3.8) is 0 Å². The maximum absolute atomic E-state index is 12.7. The summed E-state index contributed by atoms with van der Waals surface area (Å²) in [6.07, 6.45) is 5.36. The minimum Gasteiger partial charge on any atom is -0.320 e. The van der Waals surface area contributed by atoms with E-state index in [4.69, 9.17) is 0 Å². The Morgan fingerprint density at radius 3 is 2.42 bits per heavy atom. The molecule has 1 aliphatic heterocycles. The van der Waals surface area contributed by atoms with E-state index in [1.807, 2.05) is 59.6 Å². The lowest BCUT2D eigenvalue weighted by molar-refractivity contribution is 0.133. The third-order valence-electron chi connectivity index (χ3n) is 4.64. The van der Waals surface area contributed by atoms with Gasteiger partial charge in [-0.2, -0.15) is 9.78 Å². The van der Waals surface area contributed by atoms with E-state index in [-0.39, 0.29) is 6.03 Å². The molecule has 0 saturated carbocycles. The van der Waals surface area contributed by atoms with Crippen LogP contribution in [0.5, 0.6) is 0 Å². The van der Waals surface area contributed by atoms with Crippen molar-refractivity contribution in [2.75, 3.05) is 26.2 Å². The molecule has 1 amide bonds. The second kappa shape index (κ2) is 7.49. The maximum atomic E-state index is 12.7. The molecule has 1 fully saturated rings. The van der Waals surface area contributed by atoms with Gasteiger partial charge in [0, 0.05) is 50.7 Å². The average Bonchev–Trinajstić information content (AvgIpc) is 3.20. The predicted molar refractivity (Wildman–Crippen MR) is 99.5 cm³/mol. The van der Waals surface area contributed by atoms with Crippen molar-refractivity contribution in [3.8, 4) is 11.1 Å². The van der Waals surface area contributed by atoms with Crippen LogP contribution in [0.3, 0.4) is 0 Å². The van der Waals surface area contributed by atoms with Crippen LogP contribution in [0.4, 0.5) is 4.79 Å². The highest BCUT2D eigenvalue weighted by Crippen LogP contribution is 2.18. The molecule has 3 aromatic rings. The van der Waals surface area contributed by atoms with Crippen LogP contribution in [-0.4, -0.2) is 56.8 Å². The lowest BCUT2D eigenvalue weighted by atomic mass is 10.1. The summed E-state index contributed by atoms with van der Waals surface area (Å²) < 4.78 is 1.44. The molecular weight excluding hydrogens is 326 g/mol. The van der Waals surface area contributed by atoms with Crippen molar-refractivity contribution in [1.29, 1.82) is 0 Å². The molecule has 0 radical (unpaired) electrons. The summed E-state index contributed by atoms with van der Waals surface area (Å²) in [5.74, 6) is 0. The number of carbonyl (C=O) groups is 1. The zero-order valence-corrected chi connectivity index (χ0v) is 14.5. The van der Waals surface area contributed by atoms with Gasteiger partial charge in [-0.1, -0.05) is 36.4 Å². The van der Waals surface area contributed by atoms with Crippen LogP contribution in [0, 0.1) is 0 Å². The Bertz CT molecular complexity index is 854. The van der Waals surface area contributed by atoms with Gasteiger partial charge in [0.2, 0.25) is 0 Å². The first-order valence-electron chi connectivity index (χ1n) is 8.81. The largest absolute Gasteiger partial charge is 0.344 e. The van der Waals surface area contributed by atoms with Gasteiger partial charge in [-0.05, 0) is 17.7 Å². The number of piperazine rings is 1. The van der Waals surface area contributed by atoms with Gasteiger partial charge in [0.25, 0.3) is 0 Å². The van der Waals surface area contributed by atoms with Gasteiger partial charge in [0.1, 0.15) is 0 Å². The Labute approximate surface area is 152 Å². The van der Waals surface area contributed by atoms with Gasteiger partial charge >= 0.3 is 6.03 Å². The highest BCUT2D eigenvalue weighted by Gasteiger charge is 2.23. The third-order valence-corrected chi connectivity index (χ3v) is 4.64. The molecule has 1 aromatic carbocycles. The summed E-state index contributed by atoms with van der Waals surface area (Å²) in [5.41, 5.74) is 3.08. The first kappa shape index (κ1) is 16.5. The number of hydrogen-bond acceptors (Lipinski definition) is 4. The summed E-state index contributed by atoms with van der Waals surface area (Å²) in [4.78, 5) is 21.3. The number of hydrogen-bond donors (Lipinski definition) is 0. The molecule has 0 bridgehead atoms. The second-order valence-corrected chi connectivity index (χ2v) is 6.41. The van der Waals surface area contributed by atoms with E-state index >= 15 is 0 Å². The quantitative estimate of drug-likeness (QED) is 0.731. The molecule has 0 unspecified atom stereocenters. The molecular formula is C20H21N5O. The van der Waals surface area contributed by atoms with Crippen molar-refractivity contribution < 1.29 is 4.79 Å². The molecule has 2 aromatic heterocycles. The summed E-state index contributed by atoms with van der Waals surface area (Å²) in [5, 5.41) is 4.26. The number of benzene rings is 1. The number of rotatable bonds is 3. The van der Waals surface area contributed by atoms with Crippen molar-refractivity contribution in [2.24, 2.45) is 0 Å². The van der Waals surface area contributed by atoms with Crippen molar-refractivity contribution >= 4 is 6.03 Å². The topological polar surface area (TPSA) is 54.3 Å². The zero-order chi connectivity index (χ0) is 17.8. The Balaban J connectivity index is 1.36. The van der Waals surface area contributed by atoms with Crippen LogP contribution in [0.25, 0.3) is 11.1 Å². The fraction of sp³-hybridized carbons (Fsp3) is 0.250. The SMILES string of the molecule is O=C(N1CCN(Cc2ccccn2)CC1)n1cc(-c2ccccc2)cn1. The number of pyridine rings is 1. The van der Waals surface area contributed by atoms with E-state index in [0.29, 0.717) is 13.1 Å². The highest BCUT2D eigenvalue weighted by atomic mass is 16.2. The molecule has 132 valence electrons. The van der Waals surface area contributed by atoms with Crippen LogP contribution in [0.2, 0.25) is 0 Å². The summed E-state index contributed by atoms with van der Waals surface area (Å²) >= 11 is 0. The predicted octanol–water partition coefficient (Wildman–Crippen LogP) is 2.73. The smallest absolute Gasteiger partial charge is 0.320 e. The number of nitrogens with zero attached hydrogens (tertiary/aromatic N) is 5. The minimum atomic E-state index is -0.0651. The van der Waals surface area contributed by atoms with Gasteiger partial charge in [0.05, 0.1) is 11.9 Å². The molecule has 0 N–H and O–H groups in total. The van der Waals surface area contributed by atoms with Gasteiger partial charge in [0.15, 0.2) is 0 Å². The van der Waals surface area contributed by atoms with E-state index in [9.17, 15) is 4.79 Å². The van der Waals surface area contributed by atoms with Gasteiger partial charge in [-0.25, -0.2) is 4.79 Å². The molecule has 1 aliphatic rings. The van der Waals surface area contributed by atoms with E-state index in [0.717, 1.165) is 36.5 Å². The van der Waals surface area contributed by atoms with Crippen LogP contribution < -0.4 is 0 Å². The van der Waals surface area contributed by atoms with Crippen molar-refractivity contribution in [3.05, 3.63) is 72.8 Å². The lowest BCUT2D eigenvalue weighted by Gasteiger charge is -2.34. The fourth-order valence-corrected chi connectivity index (χ4v) is 3.17. The first-order valence-corrected chi connectivity index (χ1v) is 8.81. The normalized spacial score (nSPS) is 15.2. The van der Waals surface area contributed by atoms with Gasteiger partial charge in [-0.15, -0.1) is 0 Å². The Morgan fingerprint density at radius 2 is 1.69 bits per heavy atom. The molecule has 26 heavy (non-hydrogen) atoms. The van der Waals surface area contributed by atoms with Crippen molar-refractivity contribution in [1.82, 2.24) is 24.6 Å². The molecule has 1 saturated heterocycles. The van der Waals surface area contributed by atoms with Crippen LogP contribution in [0.15, 0.2) is 67.1 Å². The summed E-state index contributed by atoms with van der Waals surface area (Å²) in [6.45, 7) is 3.91.